The van der Waals surface area contributed by atoms with E-state index < -0.39 is 0 Å². The molecule has 0 aliphatic rings. The van der Waals surface area contributed by atoms with E-state index in [1.807, 2.05) is 18.2 Å². The fourth-order valence-electron chi connectivity index (χ4n) is 3.05. The molecule has 0 N–H and O–H groups in total. The molecular weight excluding hydrogens is 369 g/mol. The summed E-state index contributed by atoms with van der Waals surface area (Å²) in [4.78, 5) is 0. The number of pyridine rings is 1. The van der Waals surface area contributed by atoms with Gasteiger partial charge < -0.3 is 0 Å². The van der Waals surface area contributed by atoms with Crippen molar-refractivity contribution in [3.63, 3.8) is 0 Å². The Kier molecular flexibility index (Phi) is 4.98. The number of hydrogen-bond donors (Lipinski definition) is 0. The van der Waals surface area contributed by atoms with Crippen molar-refractivity contribution in [3.05, 3.63) is 84.6 Å². The Bertz CT molecular complexity index is 987. The molecule has 0 atom stereocenters. The van der Waals surface area contributed by atoms with Gasteiger partial charge in [-0.2, -0.15) is 29.8 Å². The van der Waals surface area contributed by atoms with Crippen molar-refractivity contribution in [2.75, 3.05) is 0 Å². The Morgan fingerprint density at radius 1 is 0.958 bits per heavy atom. The second-order valence-electron chi connectivity index (χ2n) is 5.73. The number of aryl methyl sites for hydroxylation is 2. The number of benzene rings is 2. The summed E-state index contributed by atoms with van der Waals surface area (Å²) in [5, 5.41) is 1.10. The van der Waals surface area contributed by atoms with Gasteiger partial charge in [0.15, 0.2) is 0 Å². The van der Waals surface area contributed by atoms with Crippen molar-refractivity contribution in [2.45, 2.75) is 6.92 Å². The van der Waals surface area contributed by atoms with Gasteiger partial charge in [0.05, 0.1) is 13.2 Å². The van der Waals surface area contributed by atoms with Crippen LogP contribution in [0.25, 0.3) is 28.0 Å². The molecule has 2 nitrogen and oxygen atoms in total. The second-order valence-corrected chi connectivity index (χ2v) is 5.73. The zero-order chi connectivity index (χ0) is 15.8. The molecule has 2 heterocycles. The summed E-state index contributed by atoms with van der Waals surface area (Å²) >= 11 is 0. The Labute approximate surface area is 167 Å². The molecule has 0 fully saturated rings. The monoisotopic (exact) mass is 386 g/mol. The topological polar surface area (TPSA) is 8.81 Å². The molecule has 0 aliphatic heterocycles. The molecule has 1 radical (unpaired) electrons. The number of fused-ring (bicyclic) bond motifs is 1. The van der Waals surface area contributed by atoms with E-state index in [2.05, 4.69) is 83.9 Å². The SMILES string of the molecule is Cc1ccccc1-n1c(-c2[c-]cccc2)[c-]c2ccc[n+](C)c21.[Y]. The van der Waals surface area contributed by atoms with Crippen LogP contribution in [0.3, 0.4) is 0 Å². The Balaban J connectivity index is 0.00000169. The smallest absolute Gasteiger partial charge is 0.202 e. The predicted octanol–water partition coefficient (Wildman–Crippen LogP) is 4.03. The van der Waals surface area contributed by atoms with E-state index in [0.29, 0.717) is 0 Å². The summed E-state index contributed by atoms with van der Waals surface area (Å²) in [6.45, 7) is 2.14. The van der Waals surface area contributed by atoms with E-state index in [9.17, 15) is 0 Å². The average molecular weight is 386 g/mol. The maximum atomic E-state index is 3.56. The number of aromatic nitrogens is 2. The van der Waals surface area contributed by atoms with Crippen LogP contribution < -0.4 is 4.57 Å². The zero-order valence-electron chi connectivity index (χ0n) is 13.8. The van der Waals surface area contributed by atoms with E-state index in [4.69, 9.17) is 0 Å². The second kappa shape index (κ2) is 7.00. The first kappa shape index (κ1) is 17.1. The van der Waals surface area contributed by atoms with Crippen LogP contribution in [0.15, 0.2) is 66.9 Å². The van der Waals surface area contributed by atoms with Crippen molar-refractivity contribution < 1.29 is 37.3 Å². The van der Waals surface area contributed by atoms with Crippen LogP contribution in [0.5, 0.6) is 0 Å². The van der Waals surface area contributed by atoms with Crippen LogP contribution >= 0.6 is 0 Å². The van der Waals surface area contributed by atoms with Gasteiger partial charge >= 0.3 is 0 Å². The minimum absolute atomic E-state index is 0. The van der Waals surface area contributed by atoms with Crippen LogP contribution in [0.1, 0.15) is 5.56 Å². The first-order chi connectivity index (χ1) is 11.3. The van der Waals surface area contributed by atoms with Gasteiger partial charge in [-0.25, -0.2) is 0 Å². The average Bonchev–Trinajstić information content (AvgIpc) is 2.97. The molecule has 4 aromatic rings. The summed E-state index contributed by atoms with van der Waals surface area (Å²) in [6.07, 6.45) is 2.07. The first-order valence-electron chi connectivity index (χ1n) is 7.71. The minimum atomic E-state index is 0. The van der Waals surface area contributed by atoms with Gasteiger partial charge in [0.1, 0.15) is 5.69 Å². The number of hydrogen-bond acceptors (Lipinski definition) is 0. The summed E-state index contributed by atoms with van der Waals surface area (Å²) in [7, 11) is 2.07. The molecule has 0 spiro atoms. The van der Waals surface area contributed by atoms with Crippen molar-refractivity contribution in [1.82, 2.24) is 4.57 Å². The van der Waals surface area contributed by atoms with E-state index in [0.717, 1.165) is 22.3 Å². The molecule has 4 rings (SSSR count). The van der Waals surface area contributed by atoms with Crippen molar-refractivity contribution in [1.29, 1.82) is 0 Å². The summed E-state index contributed by atoms with van der Waals surface area (Å²) < 4.78 is 4.42. The molecule has 0 bridgehead atoms. The van der Waals surface area contributed by atoms with Gasteiger partial charge in [-0.15, -0.1) is 18.2 Å². The van der Waals surface area contributed by atoms with Crippen LogP contribution in [-0.4, -0.2) is 4.57 Å². The number of nitrogens with zero attached hydrogens (tertiary/aromatic N) is 2. The Morgan fingerprint density at radius 2 is 1.75 bits per heavy atom. The van der Waals surface area contributed by atoms with Crippen LogP contribution in [0, 0.1) is 19.1 Å². The third-order valence-corrected chi connectivity index (χ3v) is 4.16. The quantitative estimate of drug-likeness (QED) is 0.363. The largest absolute Gasteiger partial charge is 0.292 e. The van der Waals surface area contributed by atoms with Crippen molar-refractivity contribution in [3.8, 4) is 16.9 Å². The van der Waals surface area contributed by atoms with E-state index in [1.165, 1.54) is 11.3 Å². The third-order valence-electron chi connectivity index (χ3n) is 4.16. The van der Waals surface area contributed by atoms with Gasteiger partial charge in [0.2, 0.25) is 5.65 Å². The molecule has 0 saturated carbocycles. The molecule has 115 valence electrons. The summed E-state index contributed by atoms with van der Waals surface area (Å²) in [6, 6.07) is 27.6. The molecule has 0 unspecified atom stereocenters. The van der Waals surface area contributed by atoms with Gasteiger partial charge in [-0.05, 0) is 24.2 Å². The van der Waals surface area contributed by atoms with Gasteiger partial charge in [-0.3, -0.25) is 9.13 Å². The fraction of sp³-hybridized carbons (Fsp3) is 0.0952. The molecule has 0 amide bonds. The van der Waals surface area contributed by atoms with E-state index in [-0.39, 0.29) is 32.7 Å². The third kappa shape index (κ3) is 2.85. The van der Waals surface area contributed by atoms with Gasteiger partial charge in [-0.1, -0.05) is 29.7 Å². The van der Waals surface area contributed by atoms with E-state index >= 15 is 0 Å². The van der Waals surface area contributed by atoms with Gasteiger partial charge in [0.25, 0.3) is 0 Å². The van der Waals surface area contributed by atoms with Crippen LogP contribution in [0.4, 0.5) is 0 Å². The standard InChI is InChI=1S/C21H17N2.Y/c1-16-9-6-7-13-19(16)23-20(17-10-4-3-5-11-17)15-18-12-8-14-22(2)21(18)23;/h3-10,12-14H,1-2H3;/q-1;. The molecule has 0 aliphatic carbocycles. The zero-order valence-corrected chi connectivity index (χ0v) is 16.7. The number of rotatable bonds is 2. The minimum Gasteiger partial charge on any atom is -0.292 e. The van der Waals surface area contributed by atoms with Crippen LogP contribution in [-0.2, 0) is 39.8 Å². The van der Waals surface area contributed by atoms with Crippen LogP contribution in [0.2, 0.25) is 0 Å². The van der Waals surface area contributed by atoms with Crippen molar-refractivity contribution in [2.24, 2.45) is 7.05 Å². The van der Waals surface area contributed by atoms with Crippen molar-refractivity contribution >= 4 is 11.0 Å². The predicted molar refractivity (Wildman–Crippen MR) is 92.3 cm³/mol. The maximum Gasteiger partial charge on any atom is 0.202 e. The molecule has 2 aromatic carbocycles. The summed E-state index contributed by atoms with van der Waals surface area (Å²) in [5.74, 6) is 0. The maximum absolute atomic E-state index is 3.56. The Hall–Kier alpha value is -1.77. The normalized spacial score (nSPS) is 10.6. The molecule has 24 heavy (non-hydrogen) atoms. The molecular formula is C21H17N2Y-. The Morgan fingerprint density at radius 3 is 2.50 bits per heavy atom. The summed E-state index contributed by atoms with van der Waals surface area (Å²) in [5.41, 5.74) is 5.63. The van der Waals surface area contributed by atoms with E-state index in [1.54, 1.807) is 0 Å². The van der Waals surface area contributed by atoms with Gasteiger partial charge in [0, 0.05) is 32.7 Å². The molecule has 3 heteroatoms. The molecule has 0 saturated heterocycles. The number of para-hydroxylation sites is 1. The fourth-order valence-corrected chi connectivity index (χ4v) is 3.05. The first-order valence-corrected chi connectivity index (χ1v) is 7.71. The molecule has 2 aromatic heterocycles.